The first-order valence-electron chi connectivity index (χ1n) is 6.89. The molecular weight excluding hydrogens is 298 g/mol. The van der Waals surface area contributed by atoms with Gasteiger partial charge < -0.3 is 10.1 Å². The minimum atomic E-state index is -0.553. The number of benzene rings is 2. The molecule has 2 aromatic rings. The molecule has 1 N–H and O–H groups in total. The van der Waals surface area contributed by atoms with Crippen LogP contribution in [0.25, 0.3) is 0 Å². The number of carbonyl (C=O) groups is 1. The lowest BCUT2D eigenvalue weighted by atomic mass is 10.1. The third-order valence-corrected chi connectivity index (χ3v) is 3.75. The molecule has 0 bridgehead atoms. The van der Waals surface area contributed by atoms with Crippen LogP contribution in [-0.4, -0.2) is 21.7 Å². The van der Waals surface area contributed by atoms with Crippen LogP contribution >= 0.6 is 0 Å². The van der Waals surface area contributed by atoms with Crippen molar-refractivity contribution in [3.63, 3.8) is 0 Å². The molecule has 0 atom stereocenters. The van der Waals surface area contributed by atoms with Gasteiger partial charge >= 0.3 is 0 Å². The quantitative estimate of drug-likeness (QED) is 0.535. The molecule has 116 valence electrons. The second-order valence-corrected chi connectivity index (χ2v) is 5.28. The van der Waals surface area contributed by atoms with Gasteiger partial charge in [0.15, 0.2) is 5.71 Å². The van der Waals surface area contributed by atoms with E-state index in [1.807, 2.05) is 31.2 Å². The lowest BCUT2D eigenvalue weighted by Gasteiger charge is -2.16. The molecule has 23 heavy (non-hydrogen) atoms. The van der Waals surface area contributed by atoms with Crippen molar-refractivity contribution in [2.24, 2.45) is 5.16 Å². The number of non-ortho nitro benzene ring substituents is 1. The van der Waals surface area contributed by atoms with Gasteiger partial charge in [-0.2, -0.15) is 0 Å². The van der Waals surface area contributed by atoms with Crippen LogP contribution < -0.4 is 4.90 Å². The summed E-state index contributed by atoms with van der Waals surface area (Å²) < 4.78 is 0. The van der Waals surface area contributed by atoms with Gasteiger partial charge in [-0.3, -0.25) is 14.9 Å². The van der Waals surface area contributed by atoms with Crippen molar-refractivity contribution in [3.8, 4) is 0 Å². The van der Waals surface area contributed by atoms with Crippen LogP contribution in [0.3, 0.4) is 0 Å². The van der Waals surface area contributed by atoms with Gasteiger partial charge in [-0.15, -0.1) is 0 Å². The zero-order chi connectivity index (χ0) is 16.6. The number of aryl methyl sites for hydroxylation is 1. The third kappa shape index (κ3) is 2.52. The fourth-order valence-electron chi connectivity index (χ4n) is 2.54. The molecule has 0 unspecified atom stereocenters. The number of rotatable bonds is 3. The minimum absolute atomic E-state index is 0.158. The van der Waals surface area contributed by atoms with Crippen molar-refractivity contribution in [2.75, 3.05) is 4.90 Å². The van der Waals surface area contributed by atoms with E-state index in [-0.39, 0.29) is 17.0 Å². The van der Waals surface area contributed by atoms with Crippen molar-refractivity contribution < 1.29 is 14.9 Å². The van der Waals surface area contributed by atoms with Gasteiger partial charge in [0.25, 0.3) is 11.6 Å². The Kier molecular flexibility index (Phi) is 3.53. The maximum Gasteiger partial charge on any atom is 0.281 e. The lowest BCUT2D eigenvalue weighted by Crippen LogP contribution is -2.29. The van der Waals surface area contributed by atoms with Crippen molar-refractivity contribution in [2.45, 2.75) is 13.5 Å². The Hall–Kier alpha value is -3.22. The number of nitro benzene ring substituents is 1. The Morgan fingerprint density at radius 1 is 1.22 bits per heavy atom. The van der Waals surface area contributed by atoms with Crippen molar-refractivity contribution >= 4 is 23.0 Å². The lowest BCUT2D eigenvalue weighted by molar-refractivity contribution is -0.384. The summed E-state index contributed by atoms with van der Waals surface area (Å²) >= 11 is 0. The van der Waals surface area contributed by atoms with Crippen LogP contribution in [0, 0.1) is 17.0 Å². The van der Waals surface area contributed by atoms with Crippen LogP contribution in [0.5, 0.6) is 0 Å². The van der Waals surface area contributed by atoms with Gasteiger partial charge in [-0.05, 0) is 18.6 Å². The first-order chi connectivity index (χ1) is 11.0. The summed E-state index contributed by atoms with van der Waals surface area (Å²) in [5.74, 6) is -0.483. The number of oxime groups is 1. The maximum absolute atomic E-state index is 12.4. The second kappa shape index (κ2) is 5.53. The highest BCUT2D eigenvalue weighted by atomic mass is 16.6. The van der Waals surface area contributed by atoms with Crippen LogP contribution in [0.4, 0.5) is 11.4 Å². The molecule has 3 rings (SSSR count). The van der Waals surface area contributed by atoms with Crippen LogP contribution in [0.1, 0.15) is 16.7 Å². The van der Waals surface area contributed by atoms with Crippen LogP contribution in [0.2, 0.25) is 0 Å². The summed E-state index contributed by atoms with van der Waals surface area (Å²) in [6.45, 7) is 2.26. The predicted molar refractivity (Wildman–Crippen MR) is 83.8 cm³/mol. The fraction of sp³-hybridized carbons (Fsp3) is 0.125. The molecular formula is C16H13N3O4. The first-order valence-corrected chi connectivity index (χ1v) is 6.89. The molecule has 0 saturated heterocycles. The van der Waals surface area contributed by atoms with Crippen LogP contribution in [-0.2, 0) is 11.3 Å². The van der Waals surface area contributed by atoms with Gasteiger partial charge in [-0.25, -0.2) is 0 Å². The average molecular weight is 311 g/mol. The molecule has 0 saturated carbocycles. The molecule has 1 heterocycles. The van der Waals surface area contributed by atoms with E-state index in [9.17, 15) is 14.9 Å². The summed E-state index contributed by atoms with van der Waals surface area (Å²) in [6, 6.07) is 11.8. The van der Waals surface area contributed by atoms with E-state index < -0.39 is 10.8 Å². The predicted octanol–water partition coefficient (Wildman–Crippen LogP) is 2.63. The molecule has 2 aromatic carbocycles. The van der Waals surface area contributed by atoms with Crippen LogP contribution in [0.15, 0.2) is 47.6 Å². The molecule has 0 aromatic heterocycles. The highest BCUT2D eigenvalue weighted by Gasteiger charge is 2.35. The van der Waals surface area contributed by atoms with E-state index in [0.29, 0.717) is 12.2 Å². The van der Waals surface area contributed by atoms with E-state index in [1.54, 1.807) is 0 Å². The summed E-state index contributed by atoms with van der Waals surface area (Å²) in [7, 11) is 0. The number of nitrogens with zero attached hydrogens (tertiary/aromatic N) is 3. The van der Waals surface area contributed by atoms with Crippen molar-refractivity contribution in [1.29, 1.82) is 0 Å². The SMILES string of the molecule is Cc1ccc(CN2C(=O)/C(=N\O)c3cc([N+](=O)[O-])ccc32)cc1. The fourth-order valence-corrected chi connectivity index (χ4v) is 2.54. The number of amides is 1. The Balaban J connectivity index is 2.02. The van der Waals surface area contributed by atoms with Gasteiger partial charge in [0, 0.05) is 17.7 Å². The normalized spacial score (nSPS) is 15.1. The number of anilines is 1. The minimum Gasteiger partial charge on any atom is -0.410 e. The van der Waals surface area contributed by atoms with Crippen molar-refractivity contribution in [1.82, 2.24) is 0 Å². The Morgan fingerprint density at radius 3 is 2.52 bits per heavy atom. The molecule has 0 aliphatic carbocycles. The highest BCUT2D eigenvalue weighted by molar-refractivity contribution is 6.54. The van der Waals surface area contributed by atoms with E-state index in [2.05, 4.69) is 5.16 Å². The highest BCUT2D eigenvalue weighted by Crippen LogP contribution is 2.33. The molecule has 7 nitrogen and oxygen atoms in total. The van der Waals surface area contributed by atoms with Gasteiger partial charge in [0.05, 0.1) is 17.2 Å². The standard InChI is InChI=1S/C16H13N3O4/c1-10-2-4-11(5-3-10)9-18-14-7-6-12(19(22)23)8-13(14)15(17-21)16(18)20/h2-8,21H,9H2,1H3/b17-15-. The Labute approximate surface area is 131 Å². The third-order valence-electron chi connectivity index (χ3n) is 3.75. The van der Waals surface area contributed by atoms with E-state index in [4.69, 9.17) is 5.21 Å². The summed E-state index contributed by atoms with van der Waals surface area (Å²) in [4.78, 5) is 24.2. The molecule has 1 aliphatic rings. The smallest absolute Gasteiger partial charge is 0.281 e. The molecule has 1 amide bonds. The zero-order valence-corrected chi connectivity index (χ0v) is 12.3. The van der Waals surface area contributed by atoms with E-state index in [1.165, 1.54) is 23.1 Å². The Morgan fingerprint density at radius 2 is 1.91 bits per heavy atom. The number of carbonyl (C=O) groups excluding carboxylic acids is 1. The first kappa shape index (κ1) is 14.7. The number of hydrogen-bond donors (Lipinski definition) is 1. The molecule has 7 heteroatoms. The molecule has 0 spiro atoms. The van der Waals surface area contributed by atoms with Gasteiger partial charge in [0.2, 0.25) is 0 Å². The summed E-state index contributed by atoms with van der Waals surface area (Å²) in [6.07, 6.45) is 0. The van der Waals surface area contributed by atoms with E-state index >= 15 is 0 Å². The summed E-state index contributed by atoms with van der Waals surface area (Å²) in [5, 5.41) is 23.0. The molecule has 0 fully saturated rings. The number of fused-ring (bicyclic) bond motifs is 1. The van der Waals surface area contributed by atoms with Gasteiger partial charge in [0.1, 0.15) is 0 Å². The molecule has 1 aliphatic heterocycles. The van der Waals surface area contributed by atoms with E-state index in [0.717, 1.165) is 11.1 Å². The summed E-state index contributed by atoms with van der Waals surface area (Å²) in [5.41, 5.74) is 2.43. The Bertz CT molecular complexity index is 828. The van der Waals surface area contributed by atoms with Gasteiger partial charge in [-0.1, -0.05) is 35.0 Å². The number of nitro groups is 1. The van der Waals surface area contributed by atoms with Crippen molar-refractivity contribution in [3.05, 3.63) is 69.3 Å². The topological polar surface area (TPSA) is 96.0 Å². The largest absolute Gasteiger partial charge is 0.410 e. The zero-order valence-electron chi connectivity index (χ0n) is 12.3. The monoisotopic (exact) mass is 311 g/mol. The second-order valence-electron chi connectivity index (χ2n) is 5.28. The average Bonchev–Trinajstić information content (AvgIpc) is 2.80. The molecule has 0 radical (unpaired) electrons. The maximum atomic E-state index is 12.4. The number of hydrogen-bond acceptors (Lipinski definition) is 5.